The lowest BCUT2D eigenvalue weighted by molar-refractivity contribution is -0.118. The van der Waals surface area contributed by atoms with Crippen molar-refractivity contribution in [3.05, 3.63) is 88.9 Å². The van der Waals surface area contributed by atoms with E-state index in [4.69, 9.17) is 16.3 Å². The Morgan fingerprint density at radius 3 is 2.35 bits per heavy atom. The average Bonchev–Trinajstić information content (AvgIpc) is 2.76. The highest BCUT2D eigenvalue weighted by Crippen LogP contribution is 2.23. The molecule has 3 aromatic rings. The summed E-state index contributed by atoms with van der Waals surface area (Å²) in [5.74, 6) is 0.0356. The SMILES string of the molecule is Cc1c(Cl)cccc1NC(=O)COc1ccc(S(=O)(=O)N[C@H](C)c2ccccc2)cc1. The van der Waals surface area contributed by atoms with Crippen LogP contribution in [-0.2, 0) is 14.8 Å². The van der Waals surface area contributed by atoms with Gasteiger partial charge in [0, 0.05) is 16.8 Å². The summed E-state index contributed by atoms with van der Waals surface area (Å²) in [5.41, 5.74) is 2.25. The van der Waals surface area contributed by atoms with Crippen LogP contribution >= 0.6 is 11.6 Å². The molecule has 0 aromatic heterocycles. The summed E-state index contributed by atoms with van der Waals surface area (Å²) in [6.07, 6.45) is 0. The molecular weight excluding hydrogens is 436 g/mol. The van der Waals surface area contributed by atoms with Crippen LogP contribution in [0.1, 0.15) is 24.1 Å². The fourth-order valence-corrected chi connectivity index (χ4v) is 4.31. The fourth-order valence-electron chi connectivity index (χ4n) is 2.90. The van der Waals surface area contributed by atoms with Crippen molar-refractivity contribution in [2.75, 3.05) is 11.9 Å². The number of nitrogens with one attached hydrogen (secondary N) is 2. The van der Waals surface area contributed by atoms with E-state index >= 15 is 0 Å². The molecule has 162 valence electrons. The summed E-state index contributed by atoms with van der Waals surface area (Å²) < 4.78 is 33.4. The smallest absolute Gasteiger partial charge is 0.262 e. The van der Waals surface area contributed by atoms with Crippen LogP contribution in [0.5, 0.6) is 5.75 Å². The van der Waals surface area contributed by atoms with Crippen molar-refractivity contribution in [1.82, 2.24) is 4.72 Å². The predicted molar refractivity (Wildman–Crippen MR) is 122 cm³/mol. The summed E-state index contributed by atoms with van der Waals surface area (Å²) in [6, 6.07) is 20.1. The number of hydrogen-bond acceptors (Lipinski definition) is 4. The standard InChI is InChI=1S/C23H23ClN2O4S/c1-16-21(24)9-6-10-22(16)25-23(27)15-30-19-11-13-20(14-12-19)31(28,29)26-17(2)18-7-4-3-5-8-18/h3-14,17,26H,15H2,1-2H3,(H,25,27)/t17-/m1/s1. The molecular formula is C23H23ClN2O4S. The van der Waals surface area contributed by atoms with E-state index in [1.54, 1.807) is 25.1 Å². The first-order valence-corrected chi connectivity index (χ1v) is 11.5. The largest absolute Gasteiger partial charge is 0.484 e. The van der Waals surface area contributed by atoms with Gasteiger partial charge in [0.1, 0.15) is 5.75 Å². The van der Waals surface area contributed by atoms with E-state index in [0.29, 0.717) is 16.5 Å². The molecule has 2 N–H and O–H groups in total. The van der Waals surface area contributed by atoms with Crippen molar-refractivity contribution in [3.8, 4) is 5.75 Å². The van der Waals surface area contributed by atoms with Crippen LogP contribution in [0.3, 0.4) is 0 Å². The minimum atomic E-state index is -3.70. The Morgan fingerprint density at radius 1 is 1.00 bits per heavy atom. The van der Waals surface area contributed by atoms with Crippen molar-refractivity contribution in [3.63, 3.8) is 0 Å². The van der Waals surface area contributed by atoms with E-state index in [-0.39, 0.29) is 23.5 Å². The lowest BCUT2D eigenvalue weighted by atomic mass is 10.1. The average molecular weight is 459 g/mol. The Labute approximate surface area is 187 Å². The van der Waals surface area contributed by atoms with E-state index < -0.39 is 10.0 Å². The topological polar surface area (TPSA) is 84.5 Å². The zero-order valence-corrected chi connectivity index (χ0v) is 18.7. The van der Waals surface area contributed by atoms with Crippen LogP contribution < -0.4 is 14.8 Å². The first-order valence-electron chi connectivity index (χ1n) is 9.61. The van der Waals surface area contributed by atoms with Crippen LogP contribution in [-0.4, -0.2) is 20.9 Å². The molecule has 0 aliphatic heterocycles. The van der Waals surface area contributed by atoms with Crippen molar-refractivity contribution in [2.24, 2.45) is 0 Å². The zero-order chi connectivity index (χ0) is 22.4. The number of sulfonamides is 1. The van der Waals surface area contributed by atoms with Gasteiger partial charge in [-0.2, -0.15) is 0 Å². The van der Waals surface area contributed by atoms with E-state index in [0.717, 1.165) is 11.1 Å². The van der Waals surface area contributed by atoms with Gasteiger partial charge in [-0.25, -0.2) is 13.1 Å². The first-order chi connectivity index (χ1) is 14.8. The summed E-state index contributed by atoms with van der Waals surface area (Å²) >= 11 is 6.05. The number of ether oxygens (including phenoxy) is 1. The van der Waals surface area contributed by atoms with Gasteiger partial charge in [0.25, 0.3) is 5.91 Å². The van der Waals surface area contributed by atoms with Crippen LogP contribution in [0.15, 0.2) is 77.7 Å². The Kier molecular flexibility index (Phi) is 7.33. The third kappa shape index (κ3) is 6.07. The predicted octanol–water partition coefficient (Wildman–Crippen LogP) is 4.71. The first kappa shape index (κ1) is 22.8. The Morgan fingerprint density at radius 2 is 1.68 bits per heavy atom. The van der Waals surface area contributed by atoms with Crippen molar-refractivity contribution < 1.29 is 17.9 Å². The molecule has 31 heavy (non-hydrogen) atoms. The molecule has 0 spiro atoms. The quantitative estimate of drug-likeness (QED) is 0.512. The molecule has 3 rings (SSSR count). The van der Waals surface area contributed by atoms with Crippen LogP contribution in [0.4, 0.5) is 5.69 Å². The van der Waals surface area contributed by atoms with Crippen molar-refractivity contribution in [2.45, 2.75) is 24.8 Å². The molecule has 0 fully saturated rings. The maximum atomic E-state index is 12.6. The second kappa shape index (κ2) is 9.96. The Balaban J connectivity index is 1.58. The van der Waals surface area contributed by atoms with E-state index in [9.17, 15) is 13.2 Å². The van der Waals surface area contributed by atoms with Gasteiger partial charge in [0.05, 0.1) is 4.90 Å². The molecule has 1 atom stereocenters. The Bertz CT molecular complexity index is 1150. The zero-order valence-electron chi connectivity index (χ0n) is 17.1. The number of anilines is 1. The molecule has 0 unspecified atom stereocenters. The van der Waals surface area contributed by atoms with Gasteiger partial charge in [-0.1, -0.05) is 48.0 Å². The summed E-state index contributed by atoms with van der Waals surface area (Å²) in [6.45, 7) is 3.37. The second-order valence-electron chi connectivity index (χ2n) is 6.97. The number of hydrogen-bond donors (Lipinski definition) is 2. The Hall–Kier alpha value is -2.87. The van der Waals surface area contributed by atoms with E-state index in [1.807, 2.05) is 37.3 Å². The number of benzene rings is 3. The molecule has 3 aromatic carbocycles. The van der Waals surface area contributed by atoms with Gasteiger partial charge in [0.2, 0.25) is 10.0 Å². The molecule has 0 heterocycles. The molecule has 6 nitrogen and oxygen atoms in total. The highest BCUT2D eigenvalue weighted by molar-refractivity contribution is 7.89. The monoisotopic (exact) mass is 458 g/mol. The summed E-state index contributed by atoms with van der Waals surface area (Å²) in [7, 11) is -3.70. The molecule has 0 bridgehead atoms. The second-order valence-corrected chi connectivity index (χ2v) is 9.10. The fraction of sp³-hybridized carbons (Fsp3) is 0.174. The number of halogens is 1. The maximum absolute atomic E-state index is 12.6. The van der Waals surface area contributed by atoms with E-state index in [2.05, 4.69) is 10.0 Å². The summed E-state index contributed by atoms with van der Waals surface area (Å²) in [4.78, 5) is 12.3. The molecule has 0 aliphatic carbocycles. The van der Waals surface area contributed by atoms with Crippen LogP contribution in [0.25, 0.3) is 0 Å². The van der Waals surface area contributed by atoms with Crippen molar-refractivity contribution >= 4 is 33.2 Å². The van der Waals surface area contributed by atoms with Gasteiger partial charge in [0.15, 0.2) is 6.61 Å². The number of carbonyl (C=O) groups excluding carboxylic acids is 1. The van der Waals surface area contributed by atoms with Crippen LogP contribution in [0.2, 0.25) is 5.02 Å². The minimum absolute atomic E-state index is 0.113. The third-order valence-corrected chi connectivity index (χ3v) is 6.64. The molecule has 0 aliphatic rings. The highest BCUT2D eigenvalue weighted by Gasteiger charge is 2.18. The molecule has 0 saturated heterocycles. The number of rotatable bonds is 8. The highest BCUT2D eigenvalue weighted by atomic mass is 35.5. The normalized spacial score (nSPS) is 12.2. The van der Waals surface area contributed by atoms with Crippen LogP contribution in [0, 0.1) is 6.92 Å². The summed E-state index contributed by atoms with van der Waals surface area (Å²) in [5, 5.41) is 3.30. The van der Waals surface area contributed by atoms with E-state index in [1.165, 1.54) is 24.3 Å². The molecule has 8 heteroatoms. The van der Waals surface area contributed by atoms with Gasteiger partial charge in [-0.3, -0.25) is 4.79 Å². The van der Waals surface area contributed by atoms with Crippen molar-refractivity contribution in [1.29, 1.82) is 0 Å². The number of amides is 1. The maximum Gasteiger partial charge on any atom is 0.262 e. The van der Waals surface area contributed by atoms with Gasteiger partial charge in [-0.05, 0) is 61.4 Å². The van der Waals surface area contributed by atoms with Gasteiger partial charge < -0.3 is 10.1 Å². The van der Waals surface area contributed by atoms with Gasteiger partial charge >= 0.3 is 0 Å². The van der Waals surface area contributed by atoms with Gasteiger partial charge in [-0.15, -0.1) is 0 Å². The lowest BCUT2D eigenvalue weighted by Gasteiger charge is -2.15. The number of carbonyl (C=O) groups is 1. The molecule has 0 saturated carbocycles. The molecule has 0 radical (unpaired) electrons. The minimum Gasteiger partial charge on any atom is -0.484 e. The third-order valence-electron chi connectivity index (χ3n) is 4.68. The molecule has 1 amide bonds. The lowest BCUT2D eigenvalue weighted by Crippen LogP contribution is -2.26.